The van der Waals surface area contributed by atoms with Gasteiger partial charge in [-0.25, -0.2) is 0 Å². The van der Waals surface area contributed by atoms with Gasteiger partial charge in [0, 0.05) is 49.3 Å². The van der Waals surface area contributed by atoms with E-state index in [0.717, 1.165) is 16.7 Å². The van der Waals surface area contributed by atoms with Gasteiger partial charge in [-0.2, -0.15) is 0 Å². The molecule has 0 atom stereocenters. The van der Waals surface area contributed by atoms with Crippen molar-refractivity contribution in [2.45, 2.75) is 13.8 Å². The molecule has 1 heterocycles. The van der Waals surface area contributed by atoms with Crippen LogP contribution in [-0.4, -0.2) is 97.1 Å². The van der Waals surface area contributed by atoms with Crippen molar-refractivity contribution in [3.8, 4) is 17.2 Å². The van der Waals surface area contributed by atoms with Crippen LogP contribution in [0.4, 0.5) is 0 Å². The predicted octanol–water partition coefficient (Wildman–Crippen LogP) is 6.89. The lowest BCUT2D eigenvalue weighted by atomic mass is 10.2. The van der Waals surface area contributed by atoms with E-state index in [1.54, 1.807) is 0 Å². The molecule has 11 heteroatoms. The van der Waals surface area contributed by atoms with Gasteiger partial charge in [-0.05, 0) is 83.3 Å². The molecule has 0 saturated heterocycles. The van der Waals surface area contributed by atoms with Crippen LogP contribution in [0, 0.1) is 7.14 Å². The van der Waals surface area contributed by atoms with E-state index < -0.39 is 0 Å². The van der Waals surface area contributed by atoms with Crippen LogP contribution in [0.15, 0.2) is 54.6 Å². The van der Waals surface area contributed by atoms with Gasteiger partial charge in [-0.3, -0.25) is 0 Å². The van der Waals surface area contributed by atoms with E-state index in [1.165, 1.54) is 17.9 Å². The number of nitrogens with zero attached hydrogens (tertiary/aromatic N) is 1. The Kier molecular flexibility index (Phi) is 16.5. The lowest BCUT2D eigenvalue weighted by Gasteiger charge is -2.15. The molecule has 0 bridgehead atoms. The third-order valence-electron chi connectivity index (χ3n) is 6.70. The Balaban J connectivity index is 1.43. The maximum Gasteiger partial charge on any atom is 0.125 e. The fourth-order valence-electron chi connectivity index (χ4n) is 4.70. The van der Waals surface area contributed by atoms with Crippen molar-refractivity contribution in [1.82, 2.24) is 4.57 Å². The molecule has 0 spiro atoms. The third kappa shape index (κ3) is 11.8. The average molecular weight is 848 g/mol. The Morgan fingerprint density at radius 2 is 0.844 bits per heavy atom. The average Bonchev–Trinajstić information content (AvgIpc) is 3.35. The molecule has 0 saturated carbocycles. The van der Waals surface area contributed by atoms with Gasteiger partial charge in [0.25, 0.3) is 0 Å². The maximum atomic E-state index is 6.18. The third-order valence-corrected chi connectivity index (χ3v) is 8.05. The highest BCUT2D eigenvalue weighted by Gasteiger charge is 2.15. The highest BCUT2D eigenvalue weighted by molar-refractivity contribution is 14.1. The van der Waals surface area contributed by atoms with Gasteiger partial charge < -0.3 is 42.5 Å². The summed E-state index contributed by atoms with van der Waals surface area (Å²) in [6.07, 6.45) is 0. The summed E-state index contributed by atoms with van der Waals surface area (Å²) in [5.74, 6) is 1.41. The summed E-state index contributed by atoms with van der Waals surface area (Å²) in [5, 5.41) is 2.40. The first-order chi connectivity index (χ1) is 22.1. The zero-order chi connectivity index (χ0) is 31.7. The van der Waals surface area contributed by atoms with Crippen LogP contribution < -0.4 is 9.47 Å². The van der Waals surface area contributed by atoms with Crippen LogP contribution in [0.2, 0.25) is 0 Å². The van der Waals surface area contributed by atoms with Crippen LogP contribution in [0.3, 0.4) is 0 Å². The summed E-state index contributed by atoms with van der Waals surface area (Å²) in [7, 11) is 0. The number of hydrogen-bond acceptors (Lipinski definition) is 8. The van der Waals surface area contributed by atoms with Gasteiger partial charge >= 0.3 is 0 Å². The summed E-state index contributed by atoms with van der Waals surface area (Å²) in [4.78, 5) is 0. The lowest BCUT2D eigenvalue weighted by molar-refractivity contribution is 0.0110. The van der Waals surface area contributed by atoms with Crippen LogP contribution in [-0.2, 0) is 28.4 Å². The second kappa shape index (κ2) is 20.5. The van der Waals surface area contributed by atoms with Crippen molar-refractivity contribution in [2.24, 2.45) is 0 Å². The zero-order valence-electron chi connectivity index (χ0n) is 26.1. The summed E-state index contributed by atoms with van der Waals surface area (Å²) in [6.45, 7) is 11.4. The Bertz CT molecular complexity index is 1350. The van der Waals surface area contributed by atoms with E-state index in [1.807, 2.05) is 19.9 Å². The number of rotatable bonds is 23. The summed E-state index contributed by atoms with van der Waals surface area (Å²) >= 11 is 4.73. The topological polar surface area (TPSA) is 78.8 Å². The molecule has 0 amide bonds. The van der Waals surface area contributed by atoms with Gasteiger partial charge in [-0.1, -0.05) is 12.1 Å². The smallest absolute Gasteiger partial charge is 0.125 e. The SMILES string of the molecule is CCOCCOCCOCCOc1cc(OCCOCCOCCOCC)cc(-n2c3cc(I)ccc3c3ccc(I)cc32)c1. The molecular weight excluding hydrogens is 804 g/mol. The Hall–Kier alpha value is -1.72. The van der Waals surface area contributed by atoms with E-state index >= 15 is 0 Å². The number of fused-ring (bicyclic) bond motifs is 3. The van der Waals surface area contributed by atoms with Gasteiger partial charge in [0.05, 0.1) is 82.8 Å². The first-order valence-corrected chi connectivity index (χ1v) is 17.5. The van der Waals surface area contributed by atoms with Crippen molar-refractivity contribution in [2.75, 3.05) is 92.5 Å². The predicted molar refractivity (Wildman–Crippen MR) is 193 cm³/mol. The molecule has 4 aromatic rings. The molecule has 246 valence electrons. The normalized spacial score (nSPS) is 11.6. The fraction of sp³-hybridized carbons (Fsp3) is 0.471. The van der Waals surface area contributed by atoms with E-state index in [9.17, 15) is 0 Å². The van der Waals surface area contributed by atoms with E-state index in [0.29, 0.717) is 104 Å². The minimum atomic E-state index is 0.400. The molecule has 45 heavy (non-hydrogen) atoms. The Labute approximate surface area is 293 Å². The van der Waals surface area contributed by atoms with E-state index in [2.05, 4.69) is 98.3 Å². The first-order valence-electron chi connectivity index (χ1n) is 15.4. The molecule has 0 radical (unpaired) electrons. The van der Waals surface area contributed by atoms with Gasteiger partial charge in [0.15, 0.2) is 0 Å². The molecule has 3 aromatic carbocycles. The quantitative estimate of drug-likeness (QED) is 0.0591. The molecular formula is C34H43I2NO8. The molecule has 0 N–H and O–H groups in total. The largest absolute Gasteiger partial charge is 0.491 e. The summed E-state index contributed by atoms with van der Waals surface area (Å²) in [6, 6.07) is 19.1. The second-order valence-electron chi connectivity index (χ2n) is 9.86. The minimum Gasteiger partial charge on any atom is -0.491 e. The number of halogens is 2. The number of benzene rings is 3. The molecule has 1 aromatic heterocycles. The molecule has 0 fully saturated rings. The summed E-state index contributed by atoms with van der Waals surface area (Å²) < 4.78 is 50.0. The maximum absolute atomic E-state index is 6.18. The van der Waals surface area contributed by atoms with E-state index in [-0.39, 0.29) is 0 Å². The van der Waals surface area contributed by atoms with Crippen molar-refractivity contribution >= 4 is 67.0 Å². The molecule has 4 rings (SSSR count). The first kappa shape index (κ1) is 36.1. The number of hydrogen-bond donors (Lipinski definition) is 0. The van der Waals surface area contributed by atoms with E-state index in [4.69, 9.17) is 37.9 Å². The molecule has 0 aliphatic rings. The van der Waals surface area contributed by atoms with Crippen molar-refractivity contribution in [1.29, 1.82) is 0 Å². The number of ether oxygens (including phenoxy) is 8. The second-order valence-corrected chi connectivity index (χ2v) is 12.4. The standard InChI is InChI=1S/C34H43I2NO8/c1-3-38-9-11-40-13-15-42-17-19-44-29-23-28(24-30(25-29)45-20-18-43-16-14-41-12-10-39-4-2)37-33-21-26(35)5-7-31(33)32-8-6-27(36)22-34(32)37/h5-8,21-25H,3-4,9-20H2,1-2H3. The molecule has 9 nitrogen and oxygen atoms in total. The monoisotopic (exact) mass is 847 g/mol. The van der Waals surface area contributed by atoms with Crippen molar-refractivity contribution in [3.05, 3.63) is 61.7 Å². The number of aromatic nitrogens is 1. The van der Waals surface area contributed by atoms with Gasteiger partial charge in [0.1, 0.15) is 24.7 Å². The highest BCUT2D eigenvalue weighted by Crippen LogP contribution is 2.36. The summed E-state index contributed by atoms with van der Waals surface area (Å²) in [5.41, 5.74) is 3.21. The molecule has 0 unspecified atom stereocenters. The Morgan fingerprint density at radius 1 is 0.467 bits per heavy atom. The van der Waals surface area contributed by atoms with Crippen LogP contribution in [0.25, 0.3) is 27.5 Å². The van der Waals surface area contributed by atoms with Crippen LogP contribution >= 0.6 is 45.2 Å². The van der Waals surface area contributed by atoms with Crippen molar-refractivity contribution in [3.63, 3.8) is 0 Å². The molecule has 0 aliphatic carbocycles. The van der Waals surface area contributed by atoms with Gasteiger partial charge in [-0.15, -0.1) is 0 Å². The Morgan fingerprint density at radius 3 is 1.24 bits per heavy atom. The highest BCUT2D eigenvalue weighted by atomic mass is 127. The zero-order valence-corrected chi connectivity index (χ0v) is 30.4. The van der Waals surface area contributed by atoms with Gasteiger partial charge in [0.2, 0.25) is 0 Å². The van der Waals surface area contributed by atoms with Crippen LogP contribution in [0.1, 0.15) is 13.8 Å². The van der Waals surface area contributed by atoms with Crippen LogP contribution in [0.5, 0.6) is 11.5 Å². The van der Waals surface area contributed by atoms with Crippen molar-refractivity contribution < 1.29 is 37.9 Å². The fourth-order valence-corrected chi connectivity index (χ4v) is 5.65. The lowest BCUT2D eigenvalue weighted by Crippen LogP contribution is -2.13. The minimum absolute atomic E-state index is 0.400. The molecule has 0 aliphatic heterocycles.